The molecule has 4 nitrogen and oxygen atoms in total. The summed E-state index contributed by atoms with van der Waals surface area (Å²) >= 11 is 0. The molecule has 16 heavy (non-hydrogen) atoms. The van der Waals surface area contributed by atoms with Crippen molar-refractivity contribution in [2.45, 2.75) is 13.0 Å². The van der Waals surface area contributed by atoms with Gasteiger partial charge in [0.05, 0.1) is 20.8 Å². The van der Waals surface area contributed by atoms with Crippen molar-refractivity contribution in [3.05, 3.63) is 23.8 Å². The van der Waals surface area contributed by atoms with Gasteiger partial charge in [0.25, 0.3) is 0 Å². The predicted molar refractivity (Wildman–Crippen MR) is 61.7 cm³/mol. The van der Waals surface area contributed by atoms with Crippen LogP contribution in [0.4, 0.5) is 0 Å². The molecule has 0 unspecified atom stereocenters. The van der Waals surface area contributed by atoms with E-state index in [1.54, 1.807) is 14.2 Å². The quantitative estimate of drug-likeness (QED) is 0.651. The van der Waals surface area contributed by atoms with E-state index in [1.165, 1.54) is 5.56 Å². The Balaban J connectivity index is 2.54. The van der Waals surface area contributed by atoms with Gasteiger partial charge in [0, 0.05) is 18.6 Å². The zero-order valence-electron chi connectivity index (χ0n) is 9.90. The predicted octanol–water partition coefficient (Wildman–Crippen LogP) is 0.150. The molecule has 3 N–H and O–H groups in total. The van der Waals surface area contributed by atoms with Gasteiger partial charge in [0.1, 0.15) is 6.54 Å². The number of rotatable bonds is 7. The highest BCUT2D eigenvalue weighted by atomic mass is 16.5. The summed E-state index contributed by atoms with van der Waals surface area (Å²) in [5.41, 5.74) is 1.19. The van der Waals surface area contributed by atoms with Gasteiger partial charge >= 0.3 is 0 Å². The summed E-state index contributed by atoms with van der Waals surface area (Å²) in [4.78, 5) is 0. The van der Waals surface area contributed by atoms with Crippen LogP contribution in [0.5, 0.6) is 11.5 Å². The highest BCUT2D eigenvalue weighted by Gasteiger charge is 2.05. The second kappa shape index (κ2) is 7.09. The summed E-state index contributed by atoms with van der Waals surface area (Å²) in [6, 6.07) is 5.92. The van der Waals surface area contributed by atoms with E-state index in [2.05, 4.69) is 5.32 Å². The number of quaternary nitrogens is 1. The number of methoxy groups -OCH3 is 2. The normalized spacial score (nSPS) is 10.2. The fraction of sp³-hybridized carbons (Fsp3) is 0.500. The summed E-state index contributed by atoms with van der Waals surface area (Å²) < 4.78 is 10.4. The van der Waals surface area contributed by atoms with Crippen LogP contribution in [0.1, 0.15) is 12.0 Å². The molecule has 0 aliphatic rings. The molecule has 0 bridgehead atoms. The number of aliphatic hydroxyl groups excluding tert-OH is 1. The third kappa shape index (κ3) is 3.72. The summed E-state index contributed by atoms with van der Waals surface area (Å²) in [7, 11) is 3.27. The van der Waals surface area contributed by atoms with E-state index in [0.29, 0.717) is 0 Å². The van der Waals surface area contributed by atoms with Gasteiger partial charge in [0.2, 0.25) is 0 Å². The molecule has 0 saturated carbocycles. The first-order valence-corrected chi connectivity index (χ1v) is 5.45. The Bertz CT molecular complexity index is 315. The van der Waals surface area contributed by atoms with Gasteiger partial charge in [0.15, 0.2) is 11.5 Å². The SMILES string of the molecule is COc1ccc(C[NH2+]CCCO)cc1OC. The Morgan fingerprint density at radius 3 is 2.56 bits per heavy atom. The molecule has 0 spiro atoms. The smallest absolute Gasteiger partial charge is 0.161 e. The lowest BCUT2D eigenvalue weighted by Gasteiger charge is -2.08. The molecule has 4 heteroatoms. The second-order valence-corrected chi connectivity index (χ2v) is 3.55. The van der Waals surface area contributed by atoms with Gasteiger partial charge in [-0.2, -0.15) is 0 Å². The van der Waals surface area contributed by atoms with Crippen molar-refractivity contribution in [2.24, 2.45) is 0 Å². The van der Waals surface area contributed by atoms with E-state index in [9.17, 15) is 0 Å². The number of aliphatic hydroxyl groups is 1. The summed E-state index contributed by atoms with van der Waals surface area (Å²) in [6.07, 6.45) is 0.827. The van der Waals surface area contributed by atoms with Crippen LogP contribution in [0.25, 0.3) is 0 Å². The van der Waals surface area contributed by atoms with Crippen LogP contribution in [0.15, 0.2) is 18.2 Å². The minimum atomic E-state index is 0.252. The van der Waals surface area contributed by atoms with E-state index in [-0.39, 0.29) is 6.61 Å². The number of hydrogen-bond acceptors (Lipinski definition) is 3. The summed E-state index contributed by atoms with van der Waals surface area (Å²) in [5, 5.41) is 10.8. The minimum Gasteiger partial charge on any atom is -0.493 e. The Morgan fingerprint density at radius 1 is 1.19 bits per heavy atom. The van der Waals surface area contributed by atoms with Gasteiger partial charge in [-0.15, -0.1) is 0 Å². The van der Waals surface area contributed by atoms with Crippen molar-refractivity contribution >= 4 is 0 Å². The molecule has 0 heterocycles. The molecule has 0 radical (unpaired) electrons. The van der Waals surface area contributed by atoms with Crippen molar-refractivity contribution in [3.63, 3.8) is 0 Å². The van der Waals surface area contributed by atoms with E-state index < -0.39 is 0 Å². The Kier molecular flexibility index (Phi) is 5.67. The van der Waals surface area contributed by atoms with Gasteiger partial charge in [-0.05, 0) is 18.2 Å². The molecule has 0 aromatic heterocycles. The first kappa shape index (κ1) is 12.8. The second-order valence-electron chi connectivity index (χ2n) is 3.55. The largest absolute Gasteiger partial charge is 0.493 e. The van der Waals surface area contributed by atoms with Crippen LogP contribution in [0, 0.1) is 0 Å². The Morgan fingerprint density at radius 2 is 1.94 bits per heavy atom. The van der Waals surface area contributed by atoms with Crippen LogP contribution in [0.3, 0.4) is 0 Å². The molecule has 0 amide bonds. The fourth-order valence-electron chi connectivity index (χ4n) is 1.51. The molecular formula is C12H20NO3+. The van der Waals surface area contributed by atoms with E-state index in [1.807, 2.05) is 18.2 Å². The van der Waals surface area contributed by atoms with Crippen LogP contribution in [-0.4, -0.2) is 32.5 Å². The molecule has 90 valence electrons. The van der Waals surface area contributed by atoms with E-state index in [0.717, 1.165) is 31.0 Å². The van der Waals surface area contributed by atoms with Crippen LogP contribution in [-0.2, 0) is 6.54 Å². The average Bonchev–Trinajstić information content (AvgIpc) is 2.34. The molecular weight excluding hydrogens is 206 g/mol. The molecule has 1 aromatic rings. The molecule has 0 aliphatic heterocycles. The molecule has 0 atom stereocenters. The maximum absolute atomic E-state index is 8.66. The zero-order valence-corrected chi connectivity index (χ0v) is 9.90. The minimum absolute atomic E-state index is 0.252. The molecule has 1 rings (SSSR count). The topological polar surface area (TPSA) is 55.3 Å². The third-order valence-corrected chi connectivity index (χ3v) is 2.39. The maximum Gasteiger partial charge on any atom is 0.161 e. The lowest BCUT2D eigenvalue weighted by atomic mass is 10.2. The molecule has 1 aromatic carbocycles. The van der Waals surface area contributed by atoms with Crippen molar-refractivity contribution in [1.29, 1.82) is 0 Å². The lowest BCUT2D eigenvalue weighted by molar-refractivity contribution is -0.671. The monoisotopic (exact) mass is 226 g/mol. The first-order valence-electron chi connectivity index (χ1n) is 5.45. The van der Waals surface area contributed by atoms with Gasteiger partial charge in [-0.25, -0.2) is 0 Å². The van der Waals surface area contributed by atoms with Crippen LogP contribution in [0.2, 0.25) is 0 Å². The fourth-order valence-corrected chi connectivity index (χ4v) is 1.51. The summed E-state index contributed by atoms with van der Waals surface area (Å²) in [6.45, 7) is 2.08. The van der Waals surface area contributed by atoms with Gasteiger partial charge in [-0.1, -0.05) is 0 Å². The number of benzene rings is 1. The lowest BCUT2D eigenvalue weighted by Crippen LogP contribution is -2.82. The van der Waals surface area contributed by atoms with E-state index in [4.69, 9.17) is 14.6 Å². The van der Waals surface area contributed by atoms with E-state index >= 15 is 0 Å². The number of hydrogen-bond donors (Lipinski definition) is 2. The third-order valence-electron chi connectivity index (χ3n) is 2.39. The summed E-state index contributed by atoms with van der Waals surface area (Å²) in [5.74, 6) is 1.51. The zero-order chi connectivity index (χ0) is 11.8. The van der Waals surface area contributed by atoms with Crippen molar-refractivity contribution in [1.82, 2.24) is 0 Å². The number of ether oxygens (including phenoxy) is 2. The molecule has 0 aliphatic carbocycles. The molecule has 0 saturated heterocycles. The first-order chi connectivity index (χ1) is 7.81. The standard InChI is InChI=1S/C12H19NO3/c1-15-11-5-4-10(8-12(11)16-2)9-13-6-3-7-14/h4-5,8,13-14H,3,6-7,9H2,1-2H3/p+1. The number of nitrogens with two attached hydrogens (primary N) is 1. The molecule has 0 fully saturated rings. The van der Waals surface area contributed by atoms with Crippen molar-refractivity contribution < 1.29 is 19.9 Å². The van der Waals surface area contributed by atoms with Crippen LogP contribution >= 0.6 is 0 Å². The highest BCUT2D eigenvalue weighted by molar-refractivity contribution is 5.42. The van der Waals surface area contributed by atoms with Crippen molar-refractivity contribution in [3.8, 4) is 11.5 Å². The highest BCUT2D eigenvalue weighted by Crippen LogP contribution is 2.27. The Labute approximate surface area is 96.2 Å². The Hall–Kier alpha value is -1.26. The van der Waals surface area contributed by atoms with Crippen molar-refractivity contribution in [2.75, 3.05) is 27.4 Å². The average molecular weight is 226 g/mol. The maximum atomic E-state index is 8.66. The van der Waals surface area contributed by atoms with Gasteiger partial charge < -0.3 is 19.9 Å². The van der Waals surface area contributed by atoms with Crippen LogP contribution < -0.4 is 14.8 Å². The van der Waals surface area contributed by atoms with Gasteiger partial charge in [-0.3, -0.25) is 0 Å².